The van der Waals surface area contributed by atoms with Crippen molar-refractivity contribution in [1.82, 2.24) is 0 Å². The second-order valence-electron chi connectivity index (χ2n) is 7.26. The predicted octanol–water partition coefficient (Wildman–Crippen LogP) is 2.67. The van der Waals surface area contributed by atoms with Crippen molar-refractivity contribution in [3.05, 3.63) is 0 Å². The van der Waals surface area contributed by atoms with Crippen molar-refractivity contribution in [3.8, 4) is 0 Å². The van der Waals surface area contributed by atoms with Gasteiger partial charge in [0.2, 0.25) is 0 Å². The highest BCUT2D eigenvalue weighted by Crippen LogP contribution is 2.49. The van der Waals surface area contributed by atoms with Crippen LogP contribution in [0.25, 0.3) is 0 Å². The molecule has 5 aliphatic rings. The van der Waals surface area contributed by atoms with Crippen LogP contribution in [0, 0.1) is 11.8 Å². The number of rotatable bonds is 2. The summed E-state index contributed by atoms with van der Waals surface area (Å²) in [6, 6.07) is 0. The second kappa shape index (κ2) is 4.19. The fraction of sp³-hybridized carbons (Fsp3) is 1.00. The van der Waals surface area contributed by atoms with Gasteiger partial charge in [0, 0.05) is 11.8 Å². The molecule has 0 bridgehead atoms. The molecular formula is C16H24O3. The maximum Gasteiger partial charge on any atom is 0.0894 e. The average molecular weight is 264 g/mol. The summed E-state index contributed by atoms with van der Waals surface area (Å²) >= 11 is 0. The van der Waals surface area contributed by atoms with E-state index in [0.717, 1.165) is 0 Å². The maximum absolute atomic E-state index is 6.47. The SMILES string of the molecule is C1CC2OC2C(C2CCC(C3CCCC4OC43)O2)C1. The fourth-order valence-corrected chi connectivity index (χ4v) is 5.08. The lowest BCUT2D eigenvalue weighted by Crippen LogP contribution is -2.33. The van der Waals surface area contributed by atoms with E-state index >= 15 is 0 Å². The third-order valence-corrected chi connectivity index (χ3v) is 6.18. The highest BCUT2D eigenvalue weighted by Gasteiger charge is 2.55. The first-order chi connectivity index (χ1) is 9.40. The Kier molecular flexibility index (Phi) is 2.54. The normalized spacial score (nSPS) is 59.4. The topological polar surface area (TPSA) is 34.3 Å². The summed E-state index contributed by atoms with van der Waals surface area (Å²) in [5.74, 6) is 1.39. The van der Waals surface area contributed by atoms with Crippen molar-refractivity contribution >= 4 is 0 Å². The molecule has 3 aliphatic heterocycles. The lowest BCUT2D eigenvalue weighted by Gasteiger charge is -2.28. The zero-order valence-electron chi connectivity index (χ0n) is 11.5. The number of epoxide rings is 2. The molecule has 5 rings (SSSR count). The number of ether oxygens (including phenoxy) is 3. The molecule has 3 nitrogen and oxygen atoms in total. The summed E-state index contributed by atoms with van der Waals surface area (Å²) in [5.41, 5.74) is 0. The standard InChI is InChI=1S/C16H24O3/c1-3-9(15-13(5-1)18-15)11-7-8-12(17-11)10-4-2-6-14-16(10)19-14/h9-16H,1-8H2. The molecule has 0 radical (unpaired) electrons. The highest BCUT2D eigenvalue weighted by molar-refractivity contribution is 5.02. The maximum atomic E-state index is 6.47. The van der Waals surface area contributed by atoms with Gasteiger partial charge in [0.05, 0.1) is 36.6 Å². The number of hydrogen-bond acceptors (Lipinski definition) is 3. The van der Waals surface area contributed by atoms with Crippen LogP contribution in [0.3, 0.4) is 0 Å². The molecule has 0 amide bonds. The lowest BCUT2D eigenvalue weighted by molar-refractivity contribution is -0.0335. The Morgan fingerprint density at radius 1 is 0.474 bits per heavy atom. The Morgan fingerprint density at radius 2 is 1.00 bits per heavy atom. The first kappa shape index (κ1) is 11.5. The van der Waals surface area contributed by atoms with Gasteiger partial charge in [0.15, 0.2) is 0 Å². The van der Waals surface area contributed by atoms with Crippen LogP contribution in [0.4, 0.5) is 0 Å². The lowest BCUT2D eigenvalue weighted by atomic mass is 9.83. The zero-order valence-corrected chi connectivity index (χ0v) is 11.5. The van der Waals surface area contributed by atoms with Crippen LogP contribution < -0.4 is 0 Å². The van der Waals surface area contributed by atoms with Gasteiger partial charge >= 0.3 is 0 Å². The molecule has 3 saturated heterocycles. The van der Waals surface area contributed by atoms with Crippen LogP contribution >= 0.6 is 0 Å². The van der Waals surface area contributed by atoms with Gasteiger partial charge < -0.3 is 14.2 Å². The van der Waals surface area contributed by atoms with E-state index in [2.05, 4.69) is 0 Å². The highest BCUT2D eigenvalue weighted by atomic mass is 16.6. The molecule has 8 atom stereocenters. The average Bonchev–Trinajstić information content (AvgIpc) is 3.33. The number of fused-ring (bicyclic) bond motifs is 2. The Hall–Kier alpha value is -0.120. The van der Waals surface area contributed by atoms with Gasteiger partial charge in [-0.15, -0.1) is 0 Å². The molecule has 0 aromatic rings. The van der Waals surface area contributed by atoms with Crippen LogP contribution in [0.1, 0.15) is 51.4 Å². The molecule has 0 spiro atoms. The molecule has 0 aromatic carbocycles. The van der Waals surface area contributed by atoms with Gasteiger partial charge in [-0.05, 0) is 38.5 Å². The van der Waals surface area contributed by atoms with Crippen molar-refractivity contribution in [3.63, 3.8) is 0 Å². The van der Waals surface area contributed by atoms with Crippen molar-refractivity contribution < 1.29 is 14.2 Å². The second-order valence-corrected chi connectivity index (χ2v) is 7.26. The Bertz CT molecular complexity index is 337. The van der Waals surface area contributed by atoms with E-state index in [9.17, 15) is 0 Å². The minimum Gasteiger partial charge on any atom is -0.374 e. The van der Waals surface area contributed by atoms with Gasteiger partial charge in [0.25, 0.3) is 0 Å². The summed E-state index contributed by atoms with van der Waals surface area (Å²) < 4.78 is 18.1. The quantitative estimate of drug-likeness (QED) is 0.719. The molecule has 106 valence electrons. The summed E-state index contributed by atoms with van der Waals surface area (Å²) in [4.78, 5) is 0. The monoisotopic (exact) mass is 264 g/mol. The third-order valence-electron chi connectivity index (χ3n) is 6.18. The Morgan fingerprint density at radius 3 is 1.53 bits per heavy atom. The zero-order chi connectivity index (χ0) is 12.4. The van der Waals surface area contributed by atoms with Crippen LogP contribution in [0.15, 0.2) is 0 Å². The van der Waals surface area contributed by atoms with E-state index in [1.54, 1.807) is 0 Å². The molecular weight excluding hydrogens is 240 g/mol. The Labute approximate surface area is 115 Å². The van der Waals surface area contributed by atoms with E-state index in [-0.39, 0.29) is 0 Å². The van der Waals surface area contributed by atoms with Gasteiger partial charge in [0.1, 0.15) is 0 Å². The molecule has 0 N–H and O–H groups in total. The minimum absolute atomic E-state index is 0.486. The third kappa shape index (κ3) is 1.89. The first-order valence-electron chi connectivity index (χ1n) is 8.36. The Balaban J connectivity index is 1.24. The van der Waals surface area contributed by atoms with Crippen molar-refractivity contribution in [2.24, 2.45) is 11.8 Å². The van der Waals surface area contributed by atoms with E-state index in [1.807, 2.05) is 0 Å². The van der Waals surface area contributed by atoms with E-state index in [0.29, 0.717) is 48.5 Å². The van der Waals surface area contributed by atoms with Crippen LogP contribution in [-0.2, 0) is 14.2 Å². The van der Waals surface area contributed by atoms with E-state index < -0.39 is 0 Å². The fourth-order valence-electron chi connectivity index (χ4n) is 5.08. The van der Waals surface area contributed by atoms with Crippen molar-refractivity contribution in [2.75, 3.05) is 0 Å². The van der Waals surface area contributed by atoms with E-state index in [4.69, 9.17) is 14.2 Å². The molecule has 2 aliphatic carbocycles. The van der Waals surface area contributed by atoms with Gasteiger partial charge in [-0.25, -0.2) is 0 Å². The molecule has 19 heavy (non-hydrogen) atoms. The molecule has 2 saturated carbocycles. The van der Waals surface area contributed by atoms with Gasteiger partial charge in [-0.3, -0.25) is 0 Å². The van der Waals surface area contributed by atoms with Crippen LogP contribution in [-0.4, -0.2) is 36.6 Å². The smallest absolute Gasteiger partial charge is 0.0894 e. The van der Waals surface area contributed by atoms with Gasteiger partial charge in [-0.1, -0.05) is 12.8 Å². The van der Waals surface area contributed by atoms with Crippen molar-refractivity contribution in [2.45, 2.75) is 88.0 Å². The molecule has 3 heterocycles. The van der Waals surface area contributed by atoms with Crippen molar-refractivity contribution in [1.29, 1.82) is 0 Å². The van der Waals surface area contributed by atoms with Crippen LogP contribution in [0.5, 0.6) is 0 Å². The summed E-state index contributed by atoms with van der Waals surface area (Å²) in [6.07, 6.45) is 13.7. The summed E-state index contributed by atoms with van der Waals surface area (Å²) in [7, 11) is 0. The summed E-state index contributed by atoms with van der Waals surface area (Å²) in [5, 5.41) is 0. The van der Waals surface area contributed by atoms with Gasteiger partial charge in [-0.2, -0.15) is 0 Å². The molecule has 3 heteroatoms. The largest absolute Gasteiger partial charge is 0.374 e. The molecule has 5 fully saturated rings. The van der Waals surface area contributed by atoms with Crippen LogP contribution in [0.2, 0.25) is 0 Å². The molecule has 8 unspecified atom stereocenters. The molecule has 0 aromatic heterocycles. The van der Waals surface area contributed by atoms with E-state index in [1.165, 1.54) is 51.4 Å². The number of hydrogen-bond donors (Lipinski definition) is 0. The summed E-state index contributed by atoms with van der Waals surface area (Å²) in [6.45, 7) is 0. The first-order valence-corrected chi connectivity index (χ1v) is 8.36. The minimum atomic E-state index is 0.486. The predicted molar refractivity (Wildman–Crippen MR) is 69.9 cm³/mol.